The molecule has 0 spiro atoms. The van der Waals surface area contributed by atoms with Gasteiger partial charge in [-0.25, -0.2) is 4.79 Å². The minimum atomic E-state index is -1.12. The third-order valence-electron chi connectivity index (χ3n) is 3.63. The highest BCUT2D eigenvalue weighted by atomic mass is 32.2. The molecule has 0 aliphatic carbocycles. The van der Waals surface area contributed by atoms with Crippen molar-refractivity contribution in [2.24, 2.45) is 5.73 Å². The summed E-state index contributed by atoms with van der Waals surface area (Å²) in [7, 11) is 0. The molecule has 0 fully saturated rings. The van der Waals surface area contributed by atoms with Crippen molar-refractivity contribution in [3.63, 3.8) is 0 Å². The van der Waals surface area contributed by atoms with Crippen LogP contribution in [0.3, 0.4) is 0 Å². The lowest BCUT2D eigenvalue weighted by atomic mass is 10.1. The summed E-state index contributed by atoms with van der Waals surface area (Å²) in [5.74, 6) is -1.52. The first-order valence-corrected chi connectivity index (χ1v) is 11.3. The lowest BCUT2D eigenvalue weighted by molar-refractivity contribution is -0.142. The van der Waals surface area contributed by atoms with E-state index in [1.165, 1.54) is 37.4 Å². The summed E-state index contributed by atoms with van der Waals surface area (Å²) in [6, 6.07) is -3.55. The molecule has 0 aromatic carbocycles. The SMILES string of the molecule is CSCCC(NC(=O)C(CCSC)NC(=O)C(C)NC(=O)C(C)N)C(=O)O. The second-order valence-corrected chi connectivity index (χ2v) is 8.01. The first-order chi connectivity index (χ1) is 12.6. The summed E-state index contributed by atoms with van der Waals surface area (Å²) in [5.41, 5.74) is 5.45. The largest absolute Gasteiger partial charge is 0.480 e. The van der Waals surface area contributed by atoms with Crippen LogP contribution in [0, 0.1) is 0 Å². The lowest BCUT2D eigenvalue weighted by Crippen LogP contribution is -2.56. The minimum Gasteiger partial charge on any atom is -0.480 e. The van der Waals surface area contributed by atoms with Gasteiger partial charge in [0, 0.05) is 0 Å². The minimum absolute atomic E-state index is 0.284. The summed E-state index contributed by atoms with van der Waals surface area (Å²) >= 11 is 2.98. The molecule has 6 N–H and O–H groups in total. The summed E-state index contributed by atoms with van der Waals surface area (Å²) in [4.78, 5) is 47.7. The van der Waals surface area contributed by atoms with E-state index in [0.717, 1.165) is 0 Å². The second-order valence-electron chi connectivity index (χ2n) is 6.04. The average Bonchev–Trinajstić information content (AvgIpc) is 2.60. The van der Waals surface area contributed by atoms with Crippen LogP contribution in [0.4, 0.5) is 0 Å². The van der Waals surface area contributed by atoms with Crippen molar-refractivity contribution >= 4 is 47.2 Å². The van der Waals surface area contributed by atoms with E-state index in [2.05, 4.69) is 16.0 Å². The Kier molecular flexibility index (Phi) is 12.9. The number of rotatable bonds is 13. The Morgan fingerprint density at radius 1 is 0.852 bits per heavy atom. The van der Waals surface area contributed by atoms with Gasteiger partial charge < -0.3 is 26.8 Å². The van der Waals surface area contributed by atoms with Gasteiger partial charge in [-0.1, -0.05) is 0 Å². The van der Waals surface area contributed by atoms with E-state index >= 15 is 0 Å². The molecule has 4 atom stereocenters. The van der Waals surface area contributed by atoms with Crippen molar-refractivity contribution in [2.75, 3.05) is 24.0 Å². The van der Waals surface area contributed by atoms with Gasteiger partial charge in [0.25, 0.3) is 0 Å². The molecule has 0 aliphatic rings. The van der Waals surface area contributed by atoms with Crippen molar-refractivity contribution in [2.45, 2.75) is 50.9 Å². The number of nitrogens with one attached hydrogen (secondary N) is 3. The molecule has 156 valence electrons. The van der Waals surface area contributed by atoms with Crippen LogP contribution >= 0.6 is 23.5 Å². The van der Waals surface area contributed by atoms with Crippen molar-refractivity contribution in [3.8, 4) is 0 Å². The first kappa shape index (κ1) is 25.5. The molecule has 3 amide bonds. The van der Waals surface area contributed by atoms with Crippen molar-refractivity contribution in [3.05, 3.63) is 0 Å². The molecule has 0 radical (unpaired) electrons. The van der Waals surface area contributed by atoms with E-state index in [0.29, 0.717) is 17.9 Å². The Labute approximate surface area is 168 Å². The second kappa shape index (κ2) is 13.7. The molecule has 0 aliphatic heterocycles. The Morgan fingerprint density at radius 2 is 1.33 bits per heavy atom. The first-order valence-electron chi connectivity index (χ1n) is 8.51. The normalized spacial score (nSPS) is 15.1. The number of carboxylic acids is 1. The number of hydrogen-bond acceptors (Lipinski definition) is 7. The van der Waals surface area contributed by atoms with Crippen LogP contribution in [0.15, 0.2) is 0 Å². The van der Waals surface area contributed by atoms with Crippen LogP contribution in [-0.2, 0) is 19.2 Å². The van der Waals surface area contributed by atoms with Crippen LogP contribution < -0.4 is 21.7 Å². The van der Waals surface area contributed by atoms with E-state index in [-0.39, 0.29) is 6.42 Å². The Balaban J connectivity index is 4.97. The smallest absolute Gasteiger partial charge is 0.326 e. The zero-order valence-electron chi connectivity index (χ0n) is 16.1. The number of aliphatic carboxylic acids is 1. The maximum atomic E-state index is 12.5. The van der Waals surface area contributed by atoms with E-state index in [1.807, 2.05) is 12.5 Å². The van der Waals surface area contributed by atoms with Gasteiger partial charge in [-0.2, -0.15) is 23.5 Å². The zero-order valence-corrected chi connectivity index (χ0v) is 17.7. The van der Waals surface area contributed by atoms with Crippen LogP contribution in [0.2, 0.25) is 0 Å². The molecule has 27 heavy (non-hydrogen) atoms. The van der Waals surface area contributed by atoms with Crippen molar-refractivity contribution in [1.29, 1.82) is 0 Å². The Morgan fingerprint density at radius 3 is 1.78 bits per heavy atom. The summed E-state index contributed by atoms with van der Waals surface area (Å²) in [6.45, 7) is 2.98. The lowest BCUT2D eigenvalue weighted by Gasteiger charge is -2.23. The zero-order chi connectivity index (χ0) is 21.0. The van der Waals surface area contributed by atoms with Crippen LogP contribution in [0.5, 0.6) is 0 Å². The van der Waals surface area contributed by atoms with E-state index in [1.54, 1.807) is 0 Å². The third kappa shape index (κ3) is 10.5. The van der Waals surface area contributed by atoms with Crippen LogP contribution in [-0.4, -0.2) is 77.0 Å². The molecule has 0 aromatic heterocycles. The molecule has 0 rings (SSSR count). The maximum absolute atomic E-state index is 12.5. The Hall–Kier alpha value is -1.46. The summed E-state index contributed by atoms with van der Waals surface area (Å²) in [6.07, 6.45) is 4.33. The average molecular weight is 423 g/mol. The quantitative estimate of drug-likeness (QED) is 0.264. The van der Waals surface area contributed by atoms with Crippen LogP contribution in [0.1, 0.15) is 26.7 Å². The fourth-order valence-corrected chi connectivity index (χ4v) is 2.92. The van der Waals surface area contributed by atoms with Gasteiger partial charge >= 0.3 is 5.97 Å². The number of nitrogens with two attached hydrogens (primary N) is 1. The molecular weight excluding hydrogens is 392 g/mol. The topological polar surface area (TPSA) is 151 Å². The number of thioether (sulfide) groups is 2. The fraction of sp³-hybridized carbons (Fsp3) is 0.750. The molecule has 0 saturated carbocycles. The fourth-order valence-electron chi connectivity index (χ4n) is 1.98. The monoisotopic (exact) mass is 422 g/mol. The van der Waals surface area contributed by atoms with Gasteiger partial charge in [-0.05, 0) is 50.7 Å². The van der Waals surface area contributed by atoms with E-state index < -0.39 is 47.9 Å². The van der Waals surface area contributed by atoms with Crippen molar-refractivity contribution < 1.29 is 24.3 Å². The van der Waals surface area contributed by atoms with Gasteiger partial charge in [0.05, 0.1) is 6.04 Å². The van der Waals surface area contributed by atoms with E-state index in [4.69, 9.17) is 5.73 Å². The number of amides is 3. The molecule has 0 bridgehead atoms. The molecule has 9 nitrogen and oxygen atoms in total. The van der Waals surface area contributed by atoms with E-state index in [9.17, 15) is 24.3 Å². The van der Waals surface area contributed by atoms with Gasteiger partial charge in [0.15, 0.2) is 0 Å². The van der Waals surface area contributed by atoms with Crippen molar-refractivity contribution in [1.82, 2.24) is 16.0 Å². The van der Waals surface area contributed by atoms with Gasteiger partial charge in [-0.3, -0.25) is 14.4 Å². The highest BCUT2D eigenvalue weighted by Crippen LogP contribution is 2.05. The number of carbonyl (C=O) groups excluding carboxylic acids is 3. The molecule has 0 saturated heterocycles. The number of carbonyl (C=O) groups is 4. The molecule has 11 heteroatoms. The molecule has 4 unspecified atom stereocenters. The maximum Gasteiger partial charge on any atom is 0.326 e. The summed E-state index contributed by atoms with van der Waals surface area (Å²) < 4.78 is 0. The molecular formula is C16H30N4O5S2. The molecule has 0 aromatic rings. The van der Waals surface area contributed by atoms with Gasteiger partial charge in [-0.15, -0.1) is 0 Å². The number of carboxylic acid groups (broad SMARTS) is 1. The van der Waals surface area contributed by atoms with Gasteiger partial charge in [0.1, 0.15) is 18.1 Å². The highest BCUT2D eigenvalue weighted by molar-refractivity contribution is 7.98. The third-order valence-corrected chi connectivity index (χ3v) is 4.92. The predicted octanol–water partition coefficient (Wildman–Crippen LogP) is -0.601. The van der Waals surface area contributed by atoms with Gasteiger partial charge in [0.2, 0.25) is 17.7 Å². The predicted molar refractivity (Wildman–Crippen MR) is 109 cm³/mol. The number of hydrogen-bond donors (Lipinski definition) is 5. The standard InChI is InChI=1S/C16H30N4O5S2/c1-9(17)13(21)18-10(2)14(22)19-11(5-7-26-3)15(23)20-12(16(24)25)6-8-27-4/h9-12H,5-8,17H2,1-4H3,(H,18,21)(H,19,22)(H,20,23)(H,24,25). The molecule has 0 heterocycles. The summed E-state index contributed by atoms with van der Waals surface area (Å²) in [5, 5.41) is 16.8. The highest BCUT2D eigenvalue weighted by Gasteiger charge is 2.28. The van der Waals surface area contributed by atoms with Crippen LogP contribution in [0.25, 0.3) is 0 Å². The Bertz CT molecular complexity index is 519.